The van der Waals surface area contributed by atoms with Gasteiger partial charge in [-0.15, -0.1) is 0 Å². The number of piperazine rings is 1. The summed E-state index contributed by atoms with van der Waals surface area (Å²) in [6, 6.07) is 16.9. The Balaban J connectivity index is 1.64. The average molecular weight is 322 g/mol. The van der Waals surface area contributed by atoms with Gasteiger partial charge in [-0.05, 0) is 31.3 Å². The van der Waals surface area contributed by atoms with E-state index in [4.69, 9.17) is 0 Å². The number of azo groups is 1. The van der Waals surface area contributed by atoms with Crippen molar-refractivity contribution >= 4 is 17.2 Å². The minimum absolute atomic E-state index is 0.135. The standard InChI is InChI=1S/C19H22N4O/c1-22-10-12-23(13-11-22)15-19(24)16-6-5-9-18(14-16)21-20-17-7-3-2-4-8-17/h2-9,14H,10-13,15H2,1H3. The quantitative estimate of drug-likeness (QED) is 0.625. The molecule has 2 aromatic carbocycles. The Bertz CT molecular complexity index is 706. The first kappa shape index (κ1) is 16.5. The molecule has 0 bridgehead atoms. The van der Waals surface area contributed by atoms with Crippen LogP contribution in [0.1, 0.15) is 10.4 Å². The van der Waals surface area contributed by atoms with Gasteiger partial charge in [0.25, 0.3) is 0 Å². The van der Waals surface area contributed by atoms with Crippen LogP contribution in [0.4, 0.5) is 11.4 Å². The summed E-state index contributed by atoms with van der Waals surface area (Å²) in [6.07, 6.45) is 0. The molecule has 3 rings (SSSR count). The molecular weight excluding hydrogens is 300 g/mol. The van der Waals surface area contributed by atoms with Crippen molar-refractivity contribution in [2.75, 3.05) is 39.8 Å². The molecule has 1 saturated heterocycles. The maximum absolute atomic E-state index is 12.5. The fourth-order valence-corrected chi connectivity index (χ4v) is 2.65. The molecule has 1 aliphatic heterocycles. The minimum Gasteiger partial charge on any atom is -0.304 e. The zero-order valence-corrected chi connectivity index (χ0v) is 13.9. The second-order valence-electron chi connectivity index (χ2n) is 6.09. The van der Waals surface area contributed by atoms with Crippen LogP contribution in [0.15, 0.2) is 64.8 Å². The highest BCUT2D eigenvalue weighted by Crippen LogP contribution is 2.19. The molecule has 0 aliphatic carbocycles. The Kier molecular flexibility index (Phi) is 5.46. The topological polar surface area (TPSA) is 48.3 Å². The van der Waals surface area contributed by atoms with Gasteiger partial charge < -0.3 is 4.90 Å². The Morgan fingerprint density at radius 1 is 0.917 bits per heavy atom. The molecule has 0 aromatic heterocycles. The number of benzene rings is 2. The lowest BCUT2D eigenvalue weighted by Crippen LogP contribution is -2.46. The molecule has 0 N–H and O–H groups in total. The van der Waals surface area contributed by atoms with E-state index in [1.807, 2.05) is 54.6 Å². The lowest BCUT2D eigenvalue weighted by atomic mass is 10.1. The van der Waals surface area contributed by atoms with Crippen LogP contribution >= 0.6 is 0 Å². The number of ketones is 1. The third-order valence-electron chi connectivity index (χ3n) is 4.17. The van der Waals surface area contributed by atoms with Crippen LogP contribution < -0.4 is 0 Å². The van der Waals surface area contributed by atoms with Crippen molar-refractivity contribution in [3.05, 3.63) is 60.2 Å². The Morgan fingerprint density at radius 2 is 1.58 bits per heavy atom. The predicted octanol–water partition coefficient (Wildman–Crippen LogP) is 3.53. The fourth-order valence-electron chi connectivity index (χ4n) is 2.65. The molecule has 5 nitrogen and oxygen atoms in total. The molecule has 124 valence electrons. The normalized spacial score (nSPS) is 16.5. The number of likely N-dealkylation sites (N-methyl/N-ethyl adjacent to an activating group) is 1. The van der Waals surface area contributed by atoms with E-state index in [0.29, 0.717) is 17.8 Å². The fraction of sp³-hybridized carbons (Fsp3) is 0.316. The van der Waals surface area contributed by atoms with Crippen LogP contribution in [-0.4, -0.2) is 55.4 Å². The highest BCUT2D eigenvalue weighted by atomic mass is 16.1. The molecule has 5 heteroatoms. The maximum atomic E-state index is 12.5. The molecule has 0 amide bonds. The second-order valence-corrected chi connectivity index (χ2v) is 6.09. The van der Waals surface area contributed by atoms with Gasteiger partial charge in [-0.2, -0.15) is 10.2 Å². The molecule has 0 unspecified atom stereocenters. The summed E-state index contributed by atoms with van der Waals surface area (Å²) in [5.41, 5.74) is 2.19. The highest BCUT2D eigenvalue weighted by Gasteiger charge is 2.17. The van der Waals surface area contributed by atoms with E-state index in [2.05, 4.69) is 27.1 Å². The first-order chi connectivity index (χ1) is 11.7. The zero-order valence-electron chi connectivity index (χ0n) is 13.9. The molecule has 1 heterocycles. The lowest BCUT2D eigenvalue weighted by molar-refractivity contribution is 0.0876. The monoisotopic (exact) mass is 322 g/mol. The molecule has 1 fully saturated rings. The number of Topliss-reactive ketones (excluding diaryl/α,β-unsaturated/α-hetero) is 1. The van der Waals surface area contributed by atoms with Crippen LogP contribution in [0.5, 0.6) is 0 Å². The van der Waals surface area contributed by atoms with Gasteiger partial charge in [0.2, 0.25) is 0 Å². The largest absolute Gasteiger partial charge is 0.304 e. The summed E-state index contributed by atoms with van der Waals surface area (Å²) in [5, 5.41) is 8.43. The van der Waals surface area contributed by atoms with Crippen LogP contribution in [0.25, 0.3) is 0 Å². The predicted molar refractivity (Wildman–Crippen MR) is 95.3 cm³/mol. The van der Waals surface area contributed by atoms with Crippen molar-refractivity contribution in [1.82, 2.24) is 9.80 Å². The summed E-state index contributed by atoms with van der Waals surface area (Å²) in [6.45, 7) is 4.37. The molecular formula is C19H22N4O. The van der Waals surface area contributed by atoms with Crippen LogP contribution in [0.2, 0.25) is 0 Å². The molecule has 0 atom stereocenters. The molecule has 0 radical (unpaired) electrons. The first-order valence-corrected chi connectivity index (χ1v) is 8.22. The molecule has 2 aromatic rings. The van der Waals surface area contributed by atoms with E-state index in [1.165, 1.54) is 0 Å². The van der Waals surface area contributed by atoms with E-state index in [-0.39, 0.29) is 5.78 Å². The van der Waals surface area contributed by atoms with Crippen molar-refractivity contribution in [3.63, 3.8) is 0 Å². The Labute approximate surface area is 142 Å². The molecule has 1 aliphatic rings. The van der Waals surface area contributed by atoms with Gasteiger partial charge in [-0.25, -0.2) is 0 Å². The molecule has 0 spiro atoms. The average Bonchev–Trinajstić information content (AvgIpc) is 2.63. The maximum Gasteiger partial charge on any atom is 0.176 e. The van der Waals surface area contributed by atoms with Gasteiger partial charge in [0.05, 0.1) is 17.9 Å². The third kappa shape index (κ3) is 4.57. The SMILES string of the molecule is CN1CCN(CC(=O)c2cccc(N=Nc3ccccc3)c2)CC1. The van der Waals surface area contributed by atoms with Crippen molar-refractivity contribution in [2.45, 2.75) is 0 Å². The summed E-state index contributed by atoms with van der Waals surface area (Å²) in [4.78, 5) is 17.0. The number of carbonyl (C=O) groups is 1. The van der Waals surface area contributed by atoms with Crippen LogP contribution in [-0.2, 0) is 0 Å². The van der Waals surface area contributed by atoms with Crippen molar-refractivity contribution in [2.24, 2.45) is 10.2 Å². The van der Waals surface area contributed by atoms with E-state index in [1.54, 1.807) is 0 Å². The second kappa shape index (κ2) is 7.95. The van der Waals surface area contributed by atoms with E-state index in [0.717, 1.165) is 31.9 Å². The third-order valence-corrected chi connectivity index (χ3v) is 4.17. The smallest absolute Gasteiger partial charge is 0.176 e. The highest BCUT2D eigenvalue weighted by molar-refractivity contribution is 5.98. The van der Waals surface area contributed by atoms with Gasteiger partial charge in [0.1, 0.15) is 0 Å². The Hall–Kier alpha value is -2.37. The van der Waals surface area contributed by atoms with Crippen molar-refractivity contribution in [1.29, 1.82) is 0 Å². The number of rotatable bonds is 5. The lowest BCUT2D eigenvalue weighted by Gasteiger charge is -2.31. The van der Waals surface area contributed by atoms with Crippen molar-refractivity contribution < 1.29 is 4.79 Å². The van der Waals surface area contributed by atoms with Gasteiger partial charge in [-0.3, -0.25) is 9.69 Å². The van der Waals surface area contributed by atoms with E-state index in [9.17, 15) is 4.79 Å². The number of hydrogen-bond donors (Lipinski definition) is 0. The number of nitrogens with zero attached hydrogens (tertiary/aromatic N) is 4. The first-order valence-electron chi connectivity index (χ1n) is 8.22. The Morgan fingerprint density at radius 3 is 2.33 bits per heavy atom. The number of hydrogen-bond acceptors (Lipinski definition) is 5. The summed E-state index contributed by atoms with van der Waals surface area (Å²) in [5.74, 6) is 0.135. The van der Waals surface area contributed by atoms with Crippen molar-refractivity contribution in [3.8, 4) is 0 Å². The van der Waals surface area contributed by atoms with Crippen LogP contribution in [0, 0.1) is 0 Å². The van der Waals surface area contributed by atoms with Crippen LogP contribution in [0.3, 0.4) is 0 Å². The van der Waals surface area contributed by atoms with Gasteiger partial charge in [-0.1, -0.05) is 30.3 Å². The number of carbonyl (C=O) groups excluding carboxylic acids is 1. The zero-order chi connectivity index (χ0) is 16.8. The molecule has 0 saturated carbocycles. The summed E-state index contributed by atoms with van der Waals surface area (Å²) < 4.78 is 0. The van der Waals surface area contributed by atoms with Gasteiger partial charge >= 0.3 is 0 Å². The van der Waals surface area contributed by atoms with E-state index >= 15 is 0 Å². The van der Waals surface area contributed by atoms with Gasteiger partial charge in [0.15, 0.2) is 5.78 Å². The van der Waals surface area contributed by atoms with E-state index < -0.39 is 0 Å². The molecule has 24 heavy (non-hydrogen) atoms. The minimum atomic E-state index is 0.135. The van der Waals surface area contributed by atoms with Gasteiger partial charge in [0, 0.05) is 31.7 Å². The summed E-state index contributed by atoms with van der Waals surface area (Å²) >= 11 is 0. The summed E-state index contributed by atoms with van der Waals surface area (Å²) in [7, 11) is 2.11.